The Morgan fingerprint density at radius 3 is 2.36 bits per heavy atom. The van der Waals surface area contributed by atoms with Gasteiger partial charge in [-0.2, -0.15) is 0 Å². The van der Waals surface area contributed by atoms with Crippen LogP contribution in [0.5, 0.6) is 0 Å². The number of nitrogens with zero attached hydrogens (tertiary/aromatic N) is 1. The third-order valence-corrected chi connectivity index (χ3v) is 5.78. The first kappa shape index (κ1) is 19.3. The summed E-state index contributed by atoms with van der Waals surface area (Å²) in [6.45, 7) is 7.41. The van der Waals surface area contributed by atoms with Crippen molar-refractivity contribution in [3.8, 4) is 0 Å². The van der Waals surface area contributed by atoms with E-state index >= 15 is 0 Å². The van der Waals surface area contributed by atoms with Crippen molar-refractivity contribution in [2.45, 2.75) is 103 Å². The van der Waals surface area contributed by atoms with Crippen LogP contribution in [0.15, 0.2) is 0 Å². The molecule has 1 rings (SSSR count). The second kappa shape index (κ2) is 10.1. The first-order chi connectivity index (χ1) is 10.6. The molecule has 3 nitrogen and oxygen atoms in total. The number of rotatable bonds is 10. The SMILES string of the molecule is CCCCCCCCC(CC)C1(CC)CCCCN1C(=O)O. The van der Waals surface area contributed by atoms with Crippen LogP contribution in [-0.2, 0) is 0 Å². The molecule has 0 saturated carbocycles. The Bertz CT molecular complexity index is 319. The van der Waals surface area contributed by atoms with E-state index in [4.69, 9.17) is 0 Å². The number of hydrogen-bond donors (Lipinski definition) is 1. The lowest BCUT2D eigenvalue weighted by atomic mass is 9.71. The summed E-state index contributed by atoms with van der Waals surface area (Å²) >= 11 is 0. The monoisotopic (exact) mass is 311 g/mol. The number of piperidine rings is 1. The first-order valence-electron chi connectivity index (χ1n) is 9.62. The predicted octanol–water partition coefficient (Wildman–Crippen LogP) is 6.08. The topological polar surface area (TPSA) is 40.5 Å². The Morgan fingerprint density at radius 1 is 1.09 bits per heavy atom. The van der Waals surface area contributed by atoms with Crippen LogP contribution in [0, 0.1) is 5.92 Å². The summed E-state index contributed by atoms with van der Waals surface area (Å²) in [5.74, 6) is 0.528. The summed E-state index contributed by atoms with van der Waals surface area (Å²) in [6, 6.07) is 0. The summed E-state index contributed by atoms with van der Waals surface area (Å²) in [7, 11) is 0. The standard InChI is InChI=1S/C19H37NO2/c1-4-7-8-9-10-11-14-17(5-2)19(6-3)15-12-13-16-20(19)18(21)22/h17H,4-16H2,1-3H3,(H,21,22). The first-order valence-corrected chi connectivity index (χ1v) is 9.62. The number of carboxylic acid groups (broad SMARTS) is 1. The van der Waals surface area contributed by atoms with Gasteiger partial charge in [0.1, 0.15) is 0 Å². The molecule has 1 heterocycles. The zero-order chi connectivity index (χ0) is 16.4. The van der Waals surface area contributed by atoms with E-state index in [1.165, 1.54) is 51.4 Å². The molecule has 22 heavy (non-hydrogen) atoms. The molecule has 0 aromatic carbocycles. The fraction of sp³-hybridized carbons (Fsp3) is 0.947. The van der Waals surface area contributed by atoms with Gasteiger partial charge in [-0.1, -0.05) is 65.7 Å². The number of hydrogen-bond acceptors (Lipinski definition) is 1. The Balaban J connectivity index is 2.61. The molecule has 1 aliphatic rings. The van der Waals surface area contributed by atoms with Gasteiger partial charge in [-0.15, -0.1) is 0 Å². The van der Waals surface area contributed by atoms with Gasteiger partial charge in [0.25, 0.3) is 0 Å². The molecule has 2 atom stereocenters. The molecular weight excluding hydrogens is 274 g/mol. The zero-order valence-electron chi connectivity index (χ0n) is 15.1. The maximum Gasteiger partial charge on any atom is 0.407 e. The summed E-state index contributed by atoms with van der Waals surface area (Å²) < 4.78 is 0. The van der Waals surface area contributed by atoms with Crippen molar-refractivity contribution < 1.29 is 9.90 Å². The van der Waals surface area contributed by atoms with Gasteiger partial charge in [0.2, 0.25) is 0 Å². The summed E-state index contributed by atoms with van der Waals surface area (Å²) in [6.07, 6.45) is 13.7. The third kappa shape index (κ3) is 4.89. The summed E-state index contributed by atoms with van der Waals surface area (Å²) in [4.78, 5) is 13.5. The lowest BCUT2D eigenvalue weighted by molar-refractivity contribution is -0.00128. The smallest absolute Gasteiger partial charge is 0.407 e. The van der Waals surface area contributed by atoms with Gasteiger partial charge in [0.15, 0.2) is 0 Å². The molecule has 1 saturated heterocycles. The maximum absolute atomic E-state index is 11.7. The zero-order valence-corrected chi connectivity index (χ0v) is 15.1. The van der Waals surface area contributed by atoms with Gasteiger partial charge in [-0.05, 0) is 38.0 Å². The molecule has 1 N–H and O–H groups in total. The highest BCUT2D eigenvalue weighted by Crippen LogP contribution is 2.41. The number of likely N-dealkylation sites (tertiary alicyclic amines) is 1. The highest BCUT2D eigenvalue weighted by Gasteiger charge is 2.45. The highest BCUT2D eigenvalue weighted by atomic mass is 16.4. The molecule has 0 aromatic heterocycles. The number of carbonyl (C=O) groups is 1. The molecule has 130 valence electrons. The normalized spacial score (nSPS) is 23.5. The maximum atomic E-state index is 11.7. The summed E-state index contributed by atoms with van der Waals surface area (Å²) in [5, 5.41) is 9.64. The molecule has 1 amide bonds. The van der Waals surface area contributed by atoms with Crippen molar-refractivity contribution in [1.82, 2.24) is 4.90 Å². The fourth-order valence-electron chi connectivity index (χ4n) is 4.45. The van der Waals surface area contributed by atoms with Crippen LogP contribution < -0.4 is 0 Å². The molecule has 0 bridgehead atoms. The van der Waals surface area contributed by atoms with E-state index in [0.717, 1.165) is 32.2 Å². The van der Waals surface area contributed by atoms with Crippen molar-refractivity contribution in [3.63, 3.8) is 0 Å². The minimum Gasteiger partial charge on any atom is -0.465 e. The van der Waals surface area contributed by atoms with Gasteiger partial charge < -0.3 is 10.0 Å². The van der Waals surface area contributed by atoms with E-state index in [1.807, 2.05) is 0 Å². The average Bonchev–Trinajstić information content (AvgIpc) is 2.54. The second-order valence-electron chi connectivity index (χ2n) is 7.01. The van der Waals surface area contributed by atoms with Gasteiger partial charge in [0, 0.05) is 12.1 Å². The minimum atomic E-state index is -0.706. The van der Waals surface area contributed by atoms with Crippen LogP contribution in [0.1, 0.15) is 97.8 Å². The van der Waals surface area contributed by atoms with Crippen molar-refractivity contribution in [2.24, 2.45) is 5.92 Å². The minimum absolute atomic E-state index is 0.0950. The van der Waals surface area contributed by atoms with Crippen LogP contribution in [0.25, 0.3) is 0 Å². The Kier molecular flexibility index (Phi) is 8.89. The van der Waals surface area contributed by atoms with Gasteiger partial charge in [-0.25, -0.2) is 4.79 Å². The molecule has 0 aliphatic carbocycles. The second-order valence-corrected chi connectivity index (χ2v) is 7.01. The van der Waals surface area contributed by atoms with Crippen LogP contribution in [-0.4, -0.2) is 28.2 Å². The Labute approximate surface area is 137 Å². The molecule has 3 heteroatoms. The number of amides is 1. The third-order valence-electron chi connectivity index (χ3n) is 5.78. The van der Waals surface area contributed by atoms with Crippen LogP contribution in [0.4, 0.5) is 4.79 Å². The van der Waals surface area contributed by atoms with Crippen molar-refractivity contribution >= 4 is 6.09 Å². The van der Waals surface area contributed by atoms with Crippen molar-refractivity contribution in [2.75, 3.05) is 6.54 Å². The molecule has 0 radical (unpaired) electrons. The van der Waals surface area contributed by atoms with E-state index in [2.05, 4.69) is 20.8 Å². The van der Waals surface area contributed by atoms with E-state index in [0.29, 0.717) is 5.92 Å². The molecular formula is C19H37NO2. The van der Waals surface area contributed by atoms with E-state index in [9.17, 15) is 9.90 Å². The molecule has 1 fully saturated rings. The average molecular weight is 312 g/mol. The van der Waals surface area contributed by atoms with Gasteiger partial charge in [0.05, 0.1) is 0 Å². The molecule has 1 aliphatic heterocycles. The van der Waals surface area contributed by atoms with Crippen molar-refractivity contribution in [1.29, 1.82) is 0 Å². The highest BCUT2D eigenvalue weighted by molar-refractivity contribution is 5.66. The van der Waals surface area contributed by atoms with Crippen LogP contribution in [0.3, 0.4) is 0 Å². The van der Waals surface area contributed by atoms with E-state index in [-0.39, 0.29) is 5.54 Å². The van der Waals surface area contributed by atoms with Gasteiger partial charge in [-0.3, -0.25) is 0 Å². The lowest BCUT2D eigenvalue weighted by Crippen LogP contribution is -2.58. The predicted molar refractivity (Wildman–Crippen MR) is 93.4 cm³/mol. The van der Waals surface area contributed by atoms with Crippen molar-refractivity contribution in [3.05, 3.63) is 0 Å². The largest absolute Gasteiger partial charge is 0.465 e. The molecule has 2 unspecified atom stereocenters. The lowest BCUT2D eigenvalue weighted by Gasteiger charge is -2.50. The molecule has 0 aromatic rings. The Hall–Kier alpha value is -0.730. The number of unbranched alkanes of at least 4 members (excludes halogenated alkanes) is 5. The quantitative estimate of drug-likeness (QED) is 0.497. The fourth-order valence-corrected chi connectivity index (χ4v) is 4.45. The van der Waals surface area contributed by atoms with Crippen LogP contribution in [0.2, 0.25) is 0 Å². The Morgan fingerprint density at radius 2 is 1.77 bits per heavy atom. The van der Waals surface area contributed by atoms with Crippen LogP contribution >= 0.6 is 0 Å². The van der Waals surface area contributed by atoms with Gasteiger partial charge >= 0.3 is 6.09 Å². The summed E-state index contributed by atoms with van der Waals surface area (Å²) in [5.41, 5.74) is -0.0950. The van der Waals surface area contributed by atoms with E-state index in [1.54, 1.807) is 4.90 Å². The molecule has 0 spiro atoms. The van der Waals surface area contributed by atoms with E-state index < -0.39 is 6.09 Å².